The van der Waals surface area contributed by atoms with Crippen molar-refractivity contribution in [3.8, 4) is 6.07 Å². The van der Waals surface area contributed by atoms with Gasteiger partial charge < -0.3 is 0 Å². The van der Waals surface area contributed by atoms with Crippen LogP contribution in [-0.4, -0.2) is 0 Å². The average Bonchev–Trinajstić information content (AvgIpc) is 1.88. The summed E-state index contributed by atoms with van der Waals surface area (Å²) in [5.41, 5.74) is -0.263. The molecule has 0 N–H and O–H groups in total. The molecule has 1 aromatic rings. The molecule has 1 radical (unpaired) electrons. The summed E-state index contributed by atoms with van der Waals surface area (Å²) in [5, 5.41) is 8.17. The molecule has 0 aliphatic rings. The molecule has 0 fully saturated rings. The molecule has 10 heavy (non-hydrogen) atoms. The third-order valence-corrected chi connectivity index (χ3v) is 0.970. The molecular weight excluding hydrogens is 136 g/mol. The fourth-order valence-electron chi connectivity index (χ4n) is 0.531. The highest BCUT2D eigenvalue weighted by atomic mass is 19.1. The molecule has 0 spiro atoms. The smallest absolute Gasteiger partial charge is 0.144 e. The van der Waals surface area contributed by atoms with E-state index < -0.39 is 11.6 Å². The molecule has 0 amide bonds. The minimum atomic E-state index is -0.873. The molecule has 1 nitrogen and oxygen atoms in total. The van der Waals surface area contributed by atoms with Crippen LogP contribution >= 0.6 is 0 Å². The maximum atomic E-state index is 12.4. The largest absolute Gasteiger partial charge is 0.207 e. The molecule has 0 aliphatic heterocycles. The molecule has 0 bridgehead atoms. The highest BCUT2D eigenvalue weighted by Gasteiger charge is 2.00. The van der Waals surface area contributed by atoms with Crippen LogP contribution in [-0.2, 0) is 0 Å². The van der Waals surface area contributed by atoms with Crippen molar-refractivity contribution in [3.63, 3.8) is 0 Å². The first kappa shape index (κ1) is 6.69. The summed E-state index contributed by atoms with van der Waals surface area (Å²) in [4.78, 5) is 0. The lowest BCUT2D eigenvalue weighted by atomic mass is 10.2. The second-order valence-electron chi connectivity index (χ2n) is 1.65. The molecule has 3 heteroatoms. The molecule has 1 rings (SSSR count). The summed E-state index contributed by atoms with van der Waals surface area (Å²) in [6.45, 7) is 0. The van der Waals surface area contributed by atoms with Gasteiger partial charge in [0.1, 0.15) is 17.7 Å². The average molecular weight is 138 g/mol. The van der Waals surface area contributed by atoms with E-state index in [1.807, 2.05) is 0 Å². The fourth-order valence-corrected chi connectivity index (χ4v) is 0.531. The molecule has 0 aliphatic carbocycles. The SMILES string of the molecule is N#Cc1[c]cc(F)cc1F. The third-order valence-electron chi connectivity index (χ3n) is 0.970. The topological polar surface area (TPSA) is 23.8 Å². The lowest BCUT2D eigenvalue weighted by Gasteiger charge is -1.89. The number of benzene rings is 1. The number of hydrogen-bond acceptors (Lipinski definition) is 1. The van der Waals surface area contributed by atoms with Gasteiger partial charge in [-0.3, -0.25) is 0 Å². The Bertz CT molecular complexity index is 288. The molecule has 0 aromatic heterocycles. The minimum Gasteiger partial charge on any atom is -0.207 e. The molecule has 0 atom stereocenters. The highest BCUT2D eigenvalue weighted by Crippen LogP contribution is 2.06. The second-order valence-corrected chi connectivity index (χ2v) is 1.65. The van der Waals surface area contributed by atoms with Crippen molar-refractivity contribution in [2.45, 2.75) is 0 Å². The van der Waals surface area contributed by atoms with Crippen molar-refractivity contribution in [1.29, 1.82) is 5.26 Å². The van der Waals surface area contributed by atoms with Crippen LogP contribution in [0.1, 0.15) is 5.56 Å². The van der Waals surface area contributed by atoms with Gasteiger partial charge in [-0.2, -0.15) is 5.26 Å². The quantitative estimate of drug-likeness (QED) is 0.534. The zero-order valence-electron chi connectivity index (χ0n) is 4.86. The van der Waals surface area contributed by atoms with Crippen LogP contribution in [0.4, 0.5) is 8.78 Å². The van der Waals surface area contributed by atoms with Crippen LogP contribution in [0, 0.1) is 29.0 Å². The molecule has 0 saturated carbocycles. The molecule has 1 aromatic carbocycles. The standard InChI is InChI=1S/C7H2F2N/c8-6-2-1-5(4-10)7(9)3-6/h2-3H. The Labute approximate surface area is 56.5 Å². The molecule has 0 unspecified atom stereocenters. The Morgan fingerprint density at radius 3 is 2.70 bits per heavy atom. The molecule has 49 valence electrons. The van der Waals surface area contributed by atoms with Gasteiger partial charge in [-0.05, 0) is 6.07 Å². The number of hydrogen-bond donors (Lipinski definition) is 0. The van der Waals surface area contributed by atoms with Crippen LogP contribution < -0.4 is 0 Å². The zero-order valence-corrected chi connectivity index (χ0v) is 4.86. The van der Waals surface area contributed by atoms with E-state index in [2.05, 4.69) is 6.07 Å². The number of rotatable bonds is 0. The number of nitriles is 1. The third kappa shape index (κ3) is 1.11. The fraction of sp³-hybridized carbons (Fsp3) is 0. The van der Waals surface area contributed by atoms with Crippen LogP contribution in [0.3, 0.4) is 0 Å². The first-order valence-corrected chi connectivity index (χ1v) is 2.51. The van der Waals surface area contributed by atoms with Crippen molar-refractivity contribution in [2.24, 2.45) is 0 Å². The Hall–Kier alpha value is -1.43. The lowest BCUT2D eigenvalue weighted by Crippen LogP contribution is -1.84. The monoisotopic (exact) mass is 138 g/mol. The van der Waals surface area contributed by atoms with Crippen LogP contribution in [0.25, 0.3) is 0 Å². The first-order valence-electron chi connectivity index (χ1n) is 2.51. The van der Waals surface area contributed by atoms with Crippen molar-refractivity contribution in [3.05, 3.63) is 35.4 Å². The second kappa shape index (κ2) is 2.44. The molecular formula is C7H2F2N. The van der Waals surface area contributed by atoms with E-state index in [1.54, 1.807) is 0 Å². The van der Waals surface area contributed by atoms with Crippen LogP contribution in [0.15, 0.2) is 12.1 Å². The van der Waals surface area contributed by atoms with Gasteiger partial charge in [-0.1, -0.05) is 0 Å². The predicted molar refractivity (Wildman–Crippen MR) is 29.9 cm³/mol. The Morgan fingerprint density at radius 1 is 1.50 bits per heavy atom. The van der Waals surface area contributed by atoms with Gasteiger partial charge >= 0.3 is 0 Å². The van der Waals surface area contributed by atoms with E-state index in [0.29, 0.717) is 6.07 Å². The lowest BCUT2D eigenvalue weighted by molar-refractivity contribution is 0.580. The van der Waals surface area contributed by atoms with E-state index in [-0.39, 0.29) is 5.56 Å². The maximum Gasteiger partial charge on any atom is 0.144 e. The Kier molecular flexibility index (Phi) is 1.63. The Balaban J connectivity index is 3.23. The number of halogens is 2. The van der Waals surface area contributed by atoms with Crippen LogP contribution in [0.5, 0.6) is 0 Å². The summed E-state index contributed by atoms with van der Waals surface area (Å²) >= 11 is 0. The maximum absolute atomic E-state index is 12.4. The summed E-state index contributed by atoms with van der Waals surface area (Å²) in [6, 6.07) is 5.23. The van der Waals surface area contributed by atoms with Crippen molar-refractivity contribution < 1.29 is 8.78 Å². The Morgan fingerprint density at radius 2 is 2.20 bits per heavy atom. The summed E-state index contributed by atoms with van der Waals surface area (Å²) in [6.07, 6.45) is 0. The summed E-state index contributed by atoms with van der Waals surface area (Å²) in [5.74, 6) is -1.60. The van der Waals surface area contributed by atoms with Crippen molar-refractivity contribution in [2.75, 3.05) is 0 Å². The van der Waals surface area contributed by atoms with Crippen LogP contribution in [0.2, 0.25) is 0 Å². The highest BCUT2D eigenvalue weighted by molar-refractivity contribution is 5.28. The normalized spacial score (nSPS) is 8.90. The van der Waals surface area contributed by atoms with E-state index in [4.69, 9.17) is 5.26 Å². The summed E-state index contributed by atoms with van der Waals surface area (Å²) in [7, 11) is 0. The van der Waals surface area contributed by atoms with Crippen molar-refractivity contribution in [1.82, 2.24) is 0 Å². The summed E-state index contributed by atoms with van der Waals surface area (Å²) < 4.78 is 24.5. The van der Waals surface area contributed by atoms with Gasteiger partial charge in [0.05, 0.1) is 5.56 Å². The molecule has 0 heterocycles. The van der Waals surface area contributed by atoms with E-state index in [1.165, 1.54) is 6.07 Å². The van der Waals surface area contributed by atoms with Gasteiger partial charge in [-0.25, -0.2) is 8.78 Å². The predicted octanol–water partition coefficient (Wildman–Crippen LogP) is 1.64. The minimum absolute atomic E-state index is 0.263. The van der Waals surface area contributed by atoms with Gasteiger partial charge in [0, 0.05) is 12.1 Å². The van der Waals surface area contributed by atoms with E-state index in [0.717, 1.165) is 6.07 Å². The van der Waals surface area contributed by atoms with Crippen molar-refractivity contribution >= 4 is 0 Å². The zero-order chi connectivity index (χ0) is 7.56. The van der Waals surface area contributed by atoms with Gasteiger partial charge in [0.15, 0.2) is 0 Å². The molecule has 0 saturated heterocycles. The first-order chi connectivity index (χ1) is 4.74. The van der Waals surface area contributed by atoms with Gasteiger partial charge in [-0.15, -0.1) is 0 Å². The van der Waals surface area contributed by atoms with E-state index >= 15 is 0 Å². The van der Waals surface area contributed by atoms with Gasteiger partial charge in [0.2, 0.25) is 0 Å². The van der Waals surface area contributed by atoms with Gasteiger partial charge in [0.25, 0.3) is 0 Å². The van der Waals surface area contributed by atoms with E-state index in [9.17, 15) is 8.78 Å². The number of nitrogens with zero attached hydrogens (tertiary/aromatic N) is 1.